The van der Waals surface area contributed by atoms with E-state index in [1.54, 1.807) is 56.7 Å². The van der Waals surface area contributed by atoms with Crippen LogP contribution < -0.4 is 0 Å². The van der Waals surface area contributed by atoms with Crippen molar-refractivity contribution in [3.63, 3.8) is 0 Å². The molecule has 2 aromatic carbocycles. The van der Waals surface area contributed by atoms with Gasteiger partial charge in [0.1, 0.15) is 17.5 Å². The molecule has 0 saturated carbocycles. The average molecular weight is 612 g/mol. The van der Waals surface area contributed by atoms with Crippen LogP contribution in [0, 0.1) is 11.7 Å². The third kappa shape index (κ3) is 7.95. The van der Waals surface area contributed by atoms with Crippen LogP contribution in [0.25, 0.3) is 0 Å². The van der Waals surface area contributed by atoms with Gasteiger partial charge in [0, 0.05) is 62.2 Å². The molecular formula is C26H34F5N3O4S2. The molecule has 0 N–H and O–H groups in total. The molecule has 0 unspecified atom stereocenters. The van der Waals surface area contributed by atoms with Crippen molar-refractivity contribution in [2.75, 3.05) is 59.5 Å². The number of amides is 1. The van der Waals surface area contributed by atoms with E-state index in [1.807, 2.05) is 10.4 Å². The van der Waals surface area contributed by atoms with Gasteiger partial charge < -0.3 is 14.2 Å². The molecule has 1 amide bonds. The zero-order valence-corrected chi connectivity index (χ0v) is 23.7. The molecule has 2 aliphatic heterocycles. The van der Waals surface area contributed by atoms with E-state index in [2.05, 4.69) is 0 Å². The molecule has 224 valence electrons. The summed E-state index contributed by atoms with van der Waals surface area (Å²) < 4.78 is 49.9. The Morgan fingerprint density at radius 3 is 2.33 bits per heavy atom. The van der Waals surface area contributed by atoms with E-state index in [0.29, 0.717) is 42.8 Å². The van der Waals surface area contributed by atoms with Crippen LogP contribution in [0.3, 0.4) is 0 Å². The molecule has 3 atom stereocenters. The number of thioether (sulfide) groups is 1. The van der Waals surface area contributed by atoms with Crippen molar-refractivity contribution in [1.82, 2.24) is 8.61 Å². The van der Waals surface area contributed by atoms with E-state index >= 15 is 8.78 Å². The monoisotopic (exact) mass is 611 g/mol. The number of hydrogen-bond acceptors (Lipinski definition) is 8. The number of carbonyl (C=O) groups excluding carboxylic acids is 1. The van der Waals surface area contributed by atoms with Crippen molar-refractivity contribution in [1.29, 1.82) is 0 Å². The van der Waals surface area contributed by atoms with E-state index in [1.165, 1.54) is 34.3 Å². The van der Waals surface area contributed by atoms with Gasteiger partial charge in [-0.1, -0.05) is 48.2 Å². The molecule has 2 aliphatic rings. The highest BCUT2D eigenvalue weighted by Crippen LogP contribution is 2.47. The molecule has 0 radical (unpaired) electrons. The highest BCUT2D eigenvalue weighted by atomic mass is 32.2. The largest absolute Gasteiger partial charge is 0.383 e. The SMILES string of the molecule is COCCN(CCOC)SN(C(=O)c1ccccc1)C1=N[C@@]2(c3ccccc3F)COC[C@@H](F)[C@H]2CS1.F.F.F. The standard InChI is InChI=1S/C26H31F2N3O4S2.3FH/c1-33-14-12-30(13-15-34-2)37-31(24(32)19-8-4-3-5-9-19)25-29-26(20-10-6-7-11-22(20)27)18-35-16-23(28)21(26)17-36-25;;;/h3-11,21,23H,12-18H2,1-2H3;3*1H/t21-,23-,26-;;;/m1.../s1. The topological polar surface area (TPSA) is 63.6 Å². The van der Waals surface area contributed by atoms with Gasteiger partial charge in [-0.15, -0.1) is 0 Å². The number of alkyl halides is 1. The number of aliphatic imine (C=N–C) groups is 1. The first-order valence-corrected chi connectivity index (χ1v) is 13.7. The van der Waals surface area contributed by atoms with Gasteiger partial charge in [-0.2, -0.15) is 0 Å². The van der Waals surface area contributed by atoms with Crippen molar-refractivity contribution in [2.24, 2.45) is 10.9 Å². The number of amidine groups is 1. The number of benzene rings is 2. The zero-order chi connectivity index (χ0) is 26.3. The minimum Gasteiger partial charge on any atom is -0.383 e. The Morgan fingerprint density at radius 2 is 1.70 bits per heavy atom. The zero-order valence-electron chi connectivity index (χ0n) is 22.1. The molecule has 0 aliphatic carbocycles. The third-order valence-corrected chi connectivity index (χ3v) is 8.61. The van der Waals surface area contributed by atoms with Gasteiger partial charge in [-0.25, -0.2) is 22.4 Å². The molecule has 0 spiro atoms. The Labute approximate surface area is 239 Å². The molecule has 1 saturated heterocycles. The molecule has 2 heterocycles. The lowest BCUT2D eigenvalue weighted by Gasteiger charge is -2.46. The number of halogens is 5. The molecule has 0 aromatic heterocycles. The number of fused-ring (bicyclic) bond motifs is 1. The summed E-state index contributed by atoms with van der Waals surface area (Å²) in [6.07, 6.45) is -1.31. The van der Waals surface area contributed by atoms with E-state index in [9.17, 15) is 4.79 Å². The maximum Gasteiger partial charge on any atom is 0.271 e. The molecular weight excluding hydrogens is 577 g/mol. The van der Waals surface area contributed by atoms with Gasteiger partial charge in [-0.3, -0.25) is 18.9 Å². The Morgan fingerprint density at radius 1 is 1.07 bits per heavy atom. The third-order valence-electron chi connectivity index (χ3n) is 6.34. The van der Waals surface area contributed by atoms with E-state index < -0.39 is 23.4 Å². The summed E-state index contributed by atoms with van der Waals surface area (Å²) in [5.41, 5.74) is -0.543. The van der Waals surface area contributed by atoms with Gasteiger partial charge in [0.25, 0.3) is 5.91 Å². The fourth-order valence-electron chi connectivity index (χ4n) is 4.38. The van der Waals surface area contributed by atoms with Crippen molar-refractivity contribution in [2.45, 2.75) is 11.7 Å². The molecule has 4 rings (SSSR count). The number of carbonyl (C=O) groups is 1. The minimum absolute atomic E-state index is 0. The first-order chi connectivity index (χ1) is 18.0. The minimum atomic E-state index is -1.31. The van der Waals surface area contributed by atoms with Crippen LogP contribution in [0.4, 0.5) is 22.9 Å². The second kappa shape index (κ2) is 16.9. The van der Waals surface area contributed by atoms with E-state index in [0.717, 1.165) is 0 Å². The van der Waals surface area contributed by atoms with Crippen LogP contribution in [-0.4, -0.2) is 85.3 Å². The Hall–Kier alpha value is -2.23. The Balaban J connectivity index is 0.00000267. The maximum absolute atomic E-state index is 15.2. The van der Waals surface area contributed by atoms with Crippen molar-refractivity contribution < 1.29 is 41.9 Å². The number of methoxy groups -OCH3 is 2. The van der Waals surface area contributed by atoms with Gasteiger partial charge in [0.15, 0.2) is 5.17 Å². The van der Waals surface area contributed by atoms with Crippen molar-refractivity contribution >= 4 is 35.0 Å². The van der Waals surface area contributed by atoms with Crippen LogP contribution in [0.1, 0.15) is 15.9 Å². The summed E-state index contributed by atoms with van der Waals surface area (Å²) in [4.78, 5) is 18.7. The predicted octanol–water partition coefficient (Wildman–Crippen LogP) is 4.87. The molecule has 1 fully saturated rings. The highest BCUT2D eigenvalue weighted by molar-refractivity contribution is 8.15. The quantitative estimate of drug-likeness (QED) is 0.281. The van der Waals surface area contributed by atoms with E-state index in [4.69, 9.17) is 19.2 Å². The number of hydrogen-bond donors (Lipinski definition) is 0. The summed E-state index contributed by atoms with van der Waals surface area (Å²) in [5, 5.41) is 0.371. The first-order valence-electron chi connectivity index (χ1n) is 12.0. The summed E-state index contributed by atoms with van der Waals surface area (Å²) in [7, 11) is 3.23. The number of rotatable bonds is 10. The lowest BCUT2D eigenvalue weighted by Crippen LogP contribution is -2.54. The second-order valence-corrected chi connectivity index (χ2v) is 10.7. The predicted molar refractivity (Wildman–Crippen MR) is 150 cm³/mol. The van der Waals surface area contributed by atoms with Crippen LogP contribution in [0.5, 0.6) is 0 Å². The van der Waals surface area contributed by atoms with E-state index in [-0.39, 0.29) is 38.8 Å². The number of ether oxygens (including phenoxy) is 3. The van der Waals surface area contributed by atoms with Gasteiger partial charge in [-0.05, 0) is 18.2 Å². The fourth-order valence-corrected chi connectivity index (χ4v) is 6.71. The highest BCUT2D eigenvalue weighted by Gasteiger charge is 2.52. The Bertz CT molecular complexity index is 1080. The lowest BCUT2D eigenvalue weighted by molar-refractivity contribution is -0.0528. The summed E-state index contributed by atoms with van der Waals surface area (Å²) in [6, 6.07) is 15.2. The summed E-state index contributed by atoms with van der Waals surface area (Å²) in [5.74, 6) is -1.03. The molecule has 40 heavy (non-hydrogen) atoms. The van der Waals surface area contributed by atoms with Crippen molar-refractivity contribution in [3.8, 4) is 0 Å². The average Bonchev–Trinajstić information content (AvgIpc) is 2.93. The summed E-state index contributed by atoms with van der Waals surface area (Å²) >= 11 is 2.49. The van der Waals surface area contributed by atoms with Crippen LogP contribution in [0.15, 0.2) is 59.6 Å². The Kier molecular flexibility index (Phi) is 15.1. The van der Waals surface area contributed by atoms with Gasteiger partial charge >= 0.3 is 0 Å². The number of nitrogens with zero attached hydrogens (tertiary/aromatic N) is 3. The van der Waals surface area contributed by atoms with Crippen LogP contribution in [-0.2, 0) is 19.7 Å². The normalized spacial score (nSPS) is 21.7. The fraction of sp³-hybridized carbons (Fsp3) is 0.462. The van der Waals surface area contributed by atoms with Gasteiger partial charge in [0.2, 0.25) is 0 Å². The molecule has 7 nitrogen and oxygen atoms in total. The lowest BCUT2D eigenvalue weighted by atomic mass is 9.75. The maximum atomic E-state index is 15.2. The van der Waals surface area contributed by atoms with Crippen LogP contribution >= 0.6 is 23.9 Å². The summed E-state index contributed by atoms with van der Waals surface area (Å²) in [6.45, 7) is 1.91. The smallest absolute Gasteiger partial charge is 0.271 e. The van der Waals surface area contributed by atoms with Crippen molar-refractivity contribution in [3.05, 3.63) is 71.5 Å². The first kappa shape index (κ1) is 35.8. The molecule has 14 heteroatoms. The molecule has 2 aromatic rings. The van der Waals surface area contributed by atoms with Gasteiger partial charge in [0.05, 0.1) is 26.4 Å². The second-order valence-electron chi connectivity index (χ2n) is 8.71. The molecule has 0 bridgehead atoms. The van der Waals surface area contributed by atoms with Crippen LogP contribution in [0.2, 0.25) is 0 Å².